The van der Waals surface area contributed by atoms with E-state index in [-0.39, 0.29) is 11.3 Å². The number of amides is 1. The Balaban J connectivity index is 1.72. The standard InChI is InChI=1S/C26H30N2O4/c1-18(2)19-8-10-20(11-9-19)23-22(24(29)21-6-4-3-5-7-21)25(30)26(31)28(23)13-12-27-14-16-32-17-15-27/h3-11,18,23,29H,12-17H2,1-2H3/p+1/t23-/m1/s1. The van der Waals surface area contributed by atoms with E-state index in [2.05, 4.69) is 13.8 Å². The quantitative estimate of drug-likeness (QED) is 0.414. The largest absolute Gasteiger partial charge is 0.507 e. The fourth-order valence-corrected chi connectivity index (χ4v) is 4.46. The molecule has 6 nitrogen and oxygen atoms in total. The van der Waals surface area contributed by atoms with Gasteiger partial charge in [0.2, 0.25) is 0 Å². The summed E-state index contributed by atoms with van der Waals surface area (Å²) < 4.78 is 5.43. The van der Waals surface area contributed by atoms with Gasteiger partial charge in [0, 0.05) is 5.56 Å². The molecule has 2 aromatic rings. The van der Waals surface area contributed by atoms with Crippen LogP contribution < -0.4 is 4.90 Å². The van der Waals surface area contributed by atoms with Gasteiger partial charge in [0.1, 0.15) is 18.8 Å². The maximum atomic E-state index is 13.1. The molecule has 2 aromatic carbocycles. The number of likely N-dealkylation sites (tertiary alicyclic amines) is 1. The Hall–Kier alpha value is -2.96. The first kappa shape index (κ1) is 22.2. The second-order valence-corrected chi connectivity index (χ2v) is 8.79. The average Bonchev–Trinajstić information content (AvgIpc) is 3.08. The number of rotatable bonds is 6. The third kappa shape index (κ3) is 4.47. The fourth-order valence-electron chi connectivity index (χ4n) is 4.46. The number of aliphatic hydroxyl groups is 1. The Kier molecular flexibility index (Phi) is 6.72. The summed E-state index contributed by atoms with van der Waals surface area (Å²) in [4.78, 5) is 29.2. The molecule has 0 unspecified atom stereocenters. The van der Waals surface area contributed by atoms with Gasteiger partial charge in [-0.3, -0.25) is 9.59 Å². The van der Waals surface area contributed by atoms with Crippen LogP contribution in [0.15, 0.2) is 60.2 Å². The van der Waals surface area contributed by atoms with Gasteiger partial charge in [0.15, 0.2) is 0 Å². The first-order valence-corrected chi connectivity index (χ1v) is 11.3. The summed E-state index contributed by atoms with van der Waals surface area (Å²) in [5.74, 6) is -0.915. The molecule has 2 heterocycles. The summed E-state index contributed by atoms with van der Waals surface area (Å²) in [6.07, 6.45) is 0. The van der Waals surface area contributed by atoms with Gasteiger partial charge in [0.25, 0.3) is 11.7 Å². The van der Waals surface area contributed by atoms with Crippen molar-refractivity contribution in [3.63, 3.8) is 0 Å². The molecular weight excluding hydrogens is 404 g/mol. The number of aliphatic hydroxyl groups excluding tert-OH is 1. The lowest BCUT2D eigenvalue weighted by molar-refractivity contribution is -0.907. The molecule has 2 fully saturated rings. The Bertz CT molecular complexity index is 992. The number of ketones is 1. The number of benzene rings is 2. The molecule has 1 amide bonds. The van der Waals surface area contributed by atoms with Gasteiger partial charge in [0.05, 0.1) is 37.9 Å². The number of morpholine rings is 1. The topological polar surface area (TPSA) is 71.3 Å². The van der Waals surface area contributed by atoms with Crippen molar-refractivity contribution in [3.05, 3.63) is 76.9 Å². The van der Waals surface area contributed by atoms with E-state index >= 15 is 0 Å². The van der Waals surface area contributed by atoms with Gasteiger partial charge >= 0.3 is 0 Å². The summed E-state index contributed by atoms with van der Waals surface area (Å²) in [6.45, 7) is 8.64. The molecule has 2 saturated heterocycles. The van der Waals surface area contributed by atoms with E-state index in [1.807, 2.05) is 30.3 Å². The van der Waals surface area contributed by atoms with E-state index in [1.54, 1.807) is 29.2 Å². The predicted molar refractivity (Wildman–Crippen MR) is 122 cm³/mol. The molecule has 2 N–H and O–H groups in total. The molecule has 6 heteroatoms. The summed E-state index contributed by atoms with van der Waals surface area (Å²) in [5.41, 5.74) is 2.72. The molecule has 2 aliphatic rings. The lowest BCUT2D eigenvalue weighted by atomic mass is 9.93. The van der Waals surface area contributed by atoms with Crippen LogP contribution in [0.5, 0.6) is 0 Å². The minimum atomic E-state index is -0.624. The predicted octanol–water partition coefficient (Wildman–Crippen LogP) is 2.15. The fraction of sp³-hybridized carbons (Fsp3) is 0.385. The molecule has 4 rings (SSSR count). The van der Waals surface area contributed by atoms with Crippen LogP contribution >= 0.6 is 0 Å². The number of nitrogens with zero attached hydrogens (tertiary/aromatic N) is 1. The van der Waals surface area contributed by atoms with Crippen molar-refractivity contribution in [1.82, 2.24) is 4.90 Å². The van der Waals surface area contributed by atoms with Crippen LogP contribution in [-0.2, 0) is 14.3 Å². The molecule has 0 saturated carbocycles. The molecule has 0 radical (unpaired) electrons. The van der Waals surface area contributed by atoms with Crippen molar-refractivity contribution >= 4 is 17.4 Å². The Morgan fingerprint density at radius 2 is 1.72 bits per heavy atom. The highest BCUT2D eigenvalue weighted by molar-refractivity contribution is 6.46. The van der Waals surface area contributed by atoms with Gasteiger partial charge in [-0.05, 0) is 17.0 Å². The van der Waals surface area contributed by atoms with Crippen LogP contribution in [0.2, 0.25) is 0 Å². The summed E-state index contributed by atoms with van der Waals surface area (Å²) in [7, 11) is 0. The van der Waals surface area contributed by atoms with E-state index in [9.17, 15) is 14.7 Å². The van der Waals surface area contributed by atoms with Crippen LogP contribution in [-0.4, -0.2) is 61.1 Å². The summed E-state index contributed by atoms with van der Waals surface area (Å²) in [6, 6.07) is 16.4. The molecule has 0 aliphatic carbocycles. The second kappa shape index (κ2) is 9.67. The van der Waals surface area contributed by atoms with Crippen LogP contribution in [0.25, 0.3) is 5.76 Å². The molecule has 0 bridgehead atoms. The van der Waals surface area contributed by atoms with Crippen LogP contribution in [0.4, 0.5) is 0 Å². The van der Waals surface area contributed by atoms with Crippen molar-refractivity contribution in [1.29, 1.82) is 0 Å². The highest BCUT2D eigenvalue weighted by Crippen LogP contribution is 2.39. The molecule has 2 aliphatic heterocycles. The minimum Gasteiger partial charge on any atom is -0.507 e. The Labute approximate surface area is 189 Å². The third-order valence-corrected chi connectivity index (χ3v) is 6.41. The smallest absolute Gasteiger partial charge is 0.295 e. The Morgan fingerprint density at radius 1 is 1.06 bits per heavy atom. The highest BCUT2D eigenvalue weighted by Gasteiger charge is 2.46. The van der Waals surface area contributed by atoms with Crippen LogP contribution in [0.3, 0.4) is 0 Å². The zero-order chi connectivity index (χ0) is 22.7. The van der Waals surface area contributed by atoms with Gasteiger partial charge in [-0.1, -0.05) is 68.4 Å². The lowest BCUT2D eigenvalue weighted by Crippen LogP contribution is -3.14. The number of Topliss-reactive ketones (excluding diaryl/α,β-unsaturated/α-hetero) is 1. The SMILES string of the molecule is CC(C)c1ccc([C@@H]2C(=C(O)c3ccccc3)C(=O)C(=O)N2CC[NH+]2CCOCC2)cc1. The van der Waals surface area contributed by atoms with Crippen LogP contribution in [0, 0.1) is 0 Å². The van der Waals surface area contributed by atoms with Gasteiger partial charge in [-0.25, -0.2) is 0 Å². The van der Waals surface area contributed by atoms with Gasteiger partial charge < -0.3 is 19.6 Å². The number of quaternary nitrogens is 1. The molecule has 0 spiro atoms. The van der Waals surface area contributed by atoms with Gasteiger partial charge in [-0.2, -0.15) is 0 Å². The highest BCUT2D eigenvalue weighted by atomic mass is 16.5. The summed E-state index contributed by atoms with van der Waals surface area (Å²) >= 11 is 0. The number of carbonyl (C=O) groups is 2. The number of nitrogens with one attached hydrogen (secondary N) is 1. The van der Waals surface area contributed by atoms with Crippen molar-refractivity contribution in [3.8, 4) is 0 Å². The van der Waals surface area contributed by atoms with Gasteiger partial charge in [-0.15, -0.1) is 0 Å². The molecule has 0 aromatic heterocycles. The van der Waals surface area contributed by atoms with Crippen molar-refractivity contribution in [2.45, 2.75) is 25.8 Å². The number of hydrogen-bond donors (Lipinski definition) is 2. The number of hydrogen-bond acceptors (Lipinski definition) is 4. The minimum absolute atomic E-state index is 0.122. The van der Waals surface area contributed by atoms with Crippen molar-refractivity contribution in [2.24, 2.45) is 0 Å². The average molecular weight is 436 g/mol. The maximum absolute atomic E-state index is 13.1. The maximum Gasteiger partial charge on any atom is 0.295 e. The normalized spacial score (nSPS) is 21.5. The van der Waals surface area contributed by atoms with E-state index in [4.69, 9.17) is 4.74 Å². The van der Waals surface area contributed by atoms with E-state index in [0.29, 0.717) is 31.2 Å². The summed E-state index contributed by atoms with van der Waals surface area (Å²) in [5, 5.41) is 11.1. The first-order chi connectivity index (χ1) is 15.5. The monoisotopic (exact) mass is 435 g/mol. The van der Waals surface area contributed by atoms with Crippen molar-refractivity contribution < 1.29 is 24.3 Å². The zero-order valence-electron chi connectivity index (χ0n) is 18.7. The number of carbonyl (C=O) groups excluding carboxylic acids is 2. The number of ether oxygens (including phenoxy) is 1. The van der Waals surface area contributed by atoms with E-state index in [1.165, 1.54) is 10.5 Å². The van der Waals surface area contributed by atoms with Crippen LogP contribution in [0.1, 0.15) is 42.5 Å². The molecular formula is C26H31N2O4+. The molecule has 168 valence electrons. The first-order valence-electron chi connectivity index (χ1n) is 11.3. The lowest BCUT2D eigenvalue weighted by Gasteiger charge is -2.29. The van der Waals surface area contributed by atoms with E-state index < -0.39 is 17.7 Å². The van der Waals surface area contributed by atoms with E-state index in [0.717, 1.165) is 25.2 Å². The molecule has 1 atom stereocenters. The Morgan fingerprint density at radius 3 is 2.34 bits per heavy atom. The second-order valence-electron chi connectivity index (χ2n) is 8.79. The zero-order valence-corrected chi connectivity index (χ0v) is 18.7. The third-order valence-electron chi connectivity index (χ3n) is 6.41. The van der Waals surface area contributed by atoms with Crippen molar-refractivity contribution in [2.75, 3.05) is 39.4 Å². The molecule has 32 heavy (non-hydrogen) atoms.